The van der Waals surface area contributed by atoms with E-state index in [0.29, 0.717) is 24.9 Å². The number of nitrogens with zero attached hydrogens (tertiary/aromatic N) is 2. The maximum Gasteiger partial charge on any atom is 0.416 e. The Kier molecular flexibility index (Phi) is 7.29. The van der Waals surface area contributed by atoms with Crippen LogP contribution in [0.4, 0.5) is 13.2 Å². The molecule has 1 aliphatic carbocycles. The van der Waals surface area contributed by atoms with Gasteiger partial charge in [0, 0.05) is 24.2 Å². The van der Waals surface area contributed by atoms with Crippen LogP contribution in [0.15, 0.2) is 24.3 Å². The molecule has 0 bridgehead atoms. The molecule has 3 rings (SSSR count). The first-order valence-corrected chi connectivity index (χ1v) is 11.1. The van der Waals surface area contributed by atoms with Crippen molar-refractivity contribution >= 4 is 11.8 Å². The Morgan fingerprint density at radius 2 is 1.97 bits per heavy atom. The summed E-state index contributed by atoms with van der Waals surface area (Å²) in [5, 5.41) is 2.66. The van der Waals surface area contributed by atoms with Gasteiger partial charge in [0.1, 0.15) is 6.04 Å². The van der Waals surface area contributed by atoms with Crippen LogP contribution in [-0.2, 0) is 11.0 Å². The third-order valence-corrected chi connectivity index (χ3v) is 6.70. The lowest BCUT2D eigenvalue weighted by molar-refractivity contribution is -0.137. The second kappa shape index (κ2) is 9.59. The van der Waals surface area contributed by atoms with Gasteiger partial charge in [0.25, 0.3) is 5.91 Å². The van der Waals surface area contributed by atoms with Gasteiger partial charge < -0.3 is 15.1 Å². The number of nitrogens with one attached hydrogen (secondary N) is 1. The molecule has 172 valence electrons. The van der Waals surface area contributed by atoms with E-state index in [1.165, 1.54) is 12.1 Å². The topological polar surface area (TPSA) is 52.6 Å². The van der Waals surface area contributed by atoms with Crippen LogP contribution in [-0.4, -0.2) is 60.4 Å². The van der Waals surface area contributed by atoms with E-state index in [1.807, 2.05) is 4.90 Å². The fraction of sp³-hybridized carbons (Fsp3) is 0.652. The Bertz CT molecular complexity index is 797. The smallest absolute Gasteiger partial charge is 0.340 e. The molecule has 1 saturated heterocycles. The SMILES string of the molecule is CCC[C@@H]1C[C@H](N(C)C)CC[C@@H]1N1CC[C@H](NC(=O)c2cccc(C(F)(F)F)c2)C1=O. The first-order valence-electron chi connectivity index (χ1n) is 11.1. The Labute approximate surface area is 182 Å². The Balaban J connectivity index is 1.66. The third kappa shape index (κ3) is 5.40. The van der Waals surface area contributed by atoms with Gasteiger partial charge in [-0.05, 0) is 70.3 Å². The summed E-state index contributed by atoms with van der Waals surface area (Å²) in [6.07, 6.45) is 1.10. The minimum atomic E-state index is -4.52. The van der Waals surface area contributed by atoms with E-state index in [9.17, 15) is 22.8 Å². The van der Waals surface area contributed by atoms with Crippen LogP contribution < -0.4 is 5.32 Å². The molecule has 0 unspecified atom stereocenters. The van der Waals surface area contributed by atoms with Crippen molar-refractivity contribution in [2.24, 2.45) is 5.92 Å². The lowest BCUT2D eigenvalue weighted by Crippen LogP contribution is -2.50. The maximum atomic E-state index is 13.1. The average Bonchev–Trinajstić information content (AvgIpc) is 3.07. The van der Waals surface area contributed by atoms with Crippen molar-refractivity contribution in [3.8, 4) is 0 Å². The van der Waals surface area contributed by atoms with Crippen LogP contribution in [0.5, 0.6) is 0 Å². The van der Waals surface area contributed by atoms with Crippen LogP contribution in [0.1, 0.15) is 61.4 Å². The summed E-state index contributed by atoms with van der Waals surface area (Å²) >= 11 is 0. The molecule has 2 aliphatic rings. The fourth-order valence-corrected chi connectivity index (χ4v) is 5.03. The van der Waals surface area contributed by atoms with E-state index >= 15 is 0 Å². The molecule has 1 saturated carbocycles. The molecule has 1 aliphatic heterocycles. The number of halogens is 3. The first kappa shape index (κ1) is 23.6. The van der Waals surface area contributed by atoms with Crippen molar-refractivity contribution in [3.05, 3.63) is 35.4 Å². The maximum absolute atomic E-state index is 13.1. The molecule has 8 heteroatoms. The molecule has 0 radical (unpaired) electrons. The summed E-state index contributed by atoms with van der Waals surface area (Å²) in [7, 11) is 4.18. The number of rotatable bonds is 6. The van der Waals surface area contributed by atoms with Crippen molar-refractivity contribution in [3.63, 3.8) is 0 Å². The highest BCUT2D eigenvalue weighted by molar-refractivity contribution is 5.98. The molecule has 31 heavy (non-hydrogen) atoms. The second-order valence-electron chi connectivity index (χ2n) is 8.97. The van der Waals surface area contributed by atoms with Crippen molar-refractivity contribution < 1.29 is 22.8 Å². The highest BCUT2D eigenvalue weighted by Crippen LogP contribution is 2.35. The van der Waals surface area contributed by atoms with Crippen LogP contribution in [0.25, 0.3) is 0 Å². The monoisotopic (exact) mass is 439 g/mol. The van der Waals surface area contributed by atoms with Gasteiger partial charge in [-0.2, -0.15) is 13.2 Å². The molecular formula is C23H32F3N3O2. The van der Waals surface area contributed by atoms with Gasteiger partial charge in [0.05, 0.1) is 5.56 Å². The average molecular weight is 440 g/mol. The zero-order valence-electron chi connectivity index (χ0n) is 18.4. The third-order valence-electron chi connectivity index (χ3n) is 6.70. The molecular weight excluding hydrogens is 407 g/mol. The number of amides is 2. The van der Waals surface area contributed by atoms with Crippen LogP contribution >= 0.6 is 0 Å². The summed E-state index contributed by atoms with van der Waals surface area (Å²) in [6.45, 7) is 2.73. The van der Waals surface area contributed by atoms with Gasteiger partial charge in [-0.25, -0.2) is 0 Å². The number of carbonyl (C=O) groups is 2. The molecule has 0 spiro atoms. The lowest BCUT2D eigenvalue weighted by atomic mass is 9.78. The highest BCUT2D eigenvalue weighted by atomic mass is 19.4. The predicted molar refractivity (Wildman–Crippen MR) is 113 cm³/mol. The van der Waals surface area contributed by atoms with E-state index in [-0.39, 0.29) is 17.5 Å². The highest BCUT2D eigenvalue weighted by Gasteiger charge is 2.42. The molecule has 2 amide bonds. The first-order chi connectivity index (χ1) is 14.6. The van der Waals surface area contributed by atoms with Gasteiger partial charge >= 0.3 is 6.18 Å². The van der Waals surface area contributed by atoms with E-state index in [1.54, 1.807) is 0 Å². The zero-order valence-corrected chi connectivity index (χ0v) is 18.4. The van der Waals surface area contributed by atoms with Crippen LogP contribution in [0, 0.1) is 5.92 Å². The molecule has 0 aromatic heterocycles. The standard InChI is InChI=1S/C23H32F3N3O2/c1-4-6-15-14-18(28(2)3)9-10-20(15)29-12-11-19(22(29)31)27-21(30)16-7-5-8-17(13-16)23(24,25)26/h5,7-8,13,15,18-20H,4,6,9-12,14H2,1-3H3,(H,27,30)/t15-,18-,19+,20+/m1/s1. The summed E-state index contributed by atoms with van der Waals surface area (Å²) in [4.78, 5) is 29.8. The van der Waals surface area contributed by atoms with Crippen molar-refractivity contribution in [2.75, 3.05) is 20.6 Å². The molecule has 4 atom stereocenters. The zero-order chi connectivity index (χ0) is 22.8. The molecule has 1 aromatic carbocycles. The number of benzene rings is 1. The molecule has 1 aromatic rings. The van der Waals surface area contributed by atoms with Crippen molar-refractivity contribution in [2.45, 2.75) is 69.8 Å². The normalized spacial score (nSPS) is 27.1. The minimum absolute atomic E-state index is 0.0866. The number of carbonyl (C=O) groups excluding carboxylic acids is 2. The summed E-state index contributed by atoms with van der Waals surface area (Å²) in [5.41, 5.74) is -0.962. The number of hydrogen-bond donors (Lipinski definition) is 1. The van der Waals surface area contributed by atoms with Gasteiger partial charge in [-0.15, -0.1) is 0 Å². The van der Waals surface area contributed by atoms with Gasteiger partial charge in [-0.1, -0.05) is 19.4 Å². The molecule has 2 fully saturated rings. The molecule has 5 nitrogen and oxygen atoms in total. The van der Waals surface area contributed by atoms with Gasteiger partial charge in [0.15, 0.2) is 0 Å². The largest absolute Gasteiger partial charge is 0.416 e. The summed E-state index contributed by atoms with van der Waals surface area (Å²) in [5.74, 6) is -0.338. The van der Waals surface area contributed by atoms with Crippen molar-refractivity contribution in [1.82, 2.24) is 15.1 Å². The second-order valence-corrected chi connectivity index (χ2v) is 8.97. The molecule has 1 N–H and O–H groups in total. The Hall–Kier alpha value is -2.09. The Morgan fingerprint density at radius 3 is 2.61 bits per heavy atom. The fourth-order valence-electron chi connectivity index (χ4n) is 5.03. The molecule has 1 heterocycles. The lowest BCUT2D eigenvalue weighted by Gasteiger charge is -2.43. The van der Waals surface area contributed by atoms with E-state index in [2.05, 4.69) is 31.2 Å². The van der Waals surface area contributed by atoms with Crippen LogP contribution in [0.3, 0.4) is 0 Å². The number of hydrogen-bond acceptors (Lipinski definition) is 3. The van der Waals surface area contributed by atoms with E-state index < -0.39 is 23.7 Å². The van der Waals surface area contributed by atoms with E-state index in [4.69, 9.17) is 0 Å². The van der Waals surface area contributed by atoms with Crippen molar-refractivity contribution in [1.29, 1.82) is 0 Å². The van der Waals surface area contributed by atoms with Crippen LogP contribution in [0.2, 0.25) is 0 Å². The minimum Gasteiger partial charge on any atom is -0.340 e. The Morgan fingerprint density at radius 1 is 1.23 bits per heavy atom. The predicted octanol–water partition coefficient (Wildman–Crippen LogP) is 3.94. The van der Waals surface area contributed by atoms with Gasteiger partial charge in [-0.3, -0.25) is 9.59 Å². The summed E-state index contributed by atoms with van der Waals surface area (Å²) in [6, 6.07) is 4.29. The quantitative estimate of drug-likeness (QED) is 0.731. The number of likely N-dealkylation sites (tertiary alicyclic amines) is 1. The van der Waals surface area contributed by atoms with Gasteiger partial charge in [0.2, 0.25) is 5.91 Å². The number of alkyl halides is 3. The summed E-state index contributed by atoms with van der Waals surface area (Å²) < 4.78 is 38.8. The van der Waals surface area contributed by atoms with E-state index in [0.717, 1.165) is 44.2 Å².